The average molecular weight is 626 g/mol. The lowest BCUT2D eigenvalue weighted by molar-refractivity contribution is -0.135. The molecular weight excluding hydrogens is 593 g/mol. The highest BCUT2D eigenvalue weighted by atomic mass is 19.1. The van der Waals surface area contributed by atoms with E-state index in [0.717, 1.165) is 5.56 Å². The Kier molecular flexibility index (Phi) is 6.97. The highest BCUT2D eigenvalue weighted by Gasteiger charge is 2.61. The first-order valence-electron chi connectivity index (χ1n) is 15.3. The number of hydrogen-bond donors (Lipinski definition) is 3. The number of benzene rings is 2. The summed E-state index contributed by atoms with van der Waals surface area (Å²) in [4.78, 5) is 36.2. The molecule has 236 valence electrons. The van der Waals surface area contributed by atoms with Gasteiger partial charge in [-0.05, 0) is 48.1 Å². The van der Waals surface area contributed by atoms with Crippen molar-refractivity contribution in [2.75, 3.05) is 5.32 Å². The third-order valence-corrected chi connectivity index (χ3v) is 9.12. The van der Waals surface area contributed by atoms with Gasteiger partial charge in [-0.25, -0.2) is 9.37 Å². The van der Waals surface area contributed by atoms with Crippen molar-refractivity contribution in [1.29, 1.82) is 5.26 Å². The van der Waals surface area contributed by atoms with Crippen LogP contribution in [0.2, 0.25) is 0 Å². The zero-order chi connectivity index (χ0) is 32.5. The lowest BCUT2D eigenvalue weighted by atomic mass is 9.72. The van der Waals surface area contributed by atoms with Gasteiger partial charge >= 0.3 is 0 Å². The number of rotatable bonds is 6. The Bertz CT molecular complexity index is 1920. The van der Waals surface area contributed by atoms with Gasteiger partial charge in [-0.15, -0.1) is 0 Å². The number of amides is 1. The van der Waals surface area contributed by atoms with E-state index in [1.54, 1.807) is 26.0 Å². The van der Waals surface area contributed by atoms with E-state index in [1.165, 1.54) is 18.4 Å². The van der Waals surface area contributed by atoms with Crippen molar-refractivity contribution in [3.63, 3.8) is 0 Å². The highest BCUT2D eigenvalue weighted by molar-refractivity contribution is 5.89. The molecule has 46 heavy (non-hydrogen) atoms. The summed E-state index contributed by atoms with van der Waals surface area (Å²) in [6.07, 6.45) is -0.770. The lowest BCUT2D eigenvalue weighted by Gasteiger charge is -2.28. The number of carbonyl (C=O) groups excluding carboxylic acids is 2. The maximum atomic E-state index is 15.1. The molecule has 1 amide bonds. The van der Waals surface area contributed by atoms with E-state index in [1.807, 2.05) is 32.0 Å². The predicted octanol–water partition coefficient (Wildman–Crippen LogP) is 4.78. The number of fused-ring (bicyclic) bond motifs is 4. The van der Waals surface area contributed by atoms with E-state index < -0.39 is 47.2 Å². The highest BCUT2D eigenvalue weighted by Crippen LogP contribution is 2.59. The number of Topliss-reactive ketones (excluding diaryl/α,β-unsaturated/α-hetero) is 1. The number of ether oxygens (including phenoxy) is 1. The molecule has 2 aromatic carbocycles. The second-order valence-electron chi connectivity index (χ2n) is 12.8. The van der Waals surface area contributed by atoms with Gasteiger partial charge in [0.05, 0.1) is 0 Å². The van der Waals surface area contributed by atoms with Gasteiger partial charge in [0.25, 0.3) is 0 Å². The Balaban J connectivity index is 1.50. The van der Waals surface area contributed by atoms with Crippen molar-refractivity contribution < 1.29 is 32.7 Å². The molecule has 2 aromatic heterocycles. The van der Waals surface area contributed by atoms with Crippen molar-refractivity contribution in [2.45, 2.75) is 64.3 Å². The molecule has 3 N–H and O–H groups in total. The molecule has 3 aliphatic heterocycles. The molecule has 0 fully saturated rings. The molecule has 0 saturated heterocycles. The van der Waals surface area contributed by atoms with Crippen molar-refractivity contribution in [3.05, 3.63) is 82.5 Å². The molecule has 0 saturated carbocycles. The maximum absolute atomic E-state index is 15.1. The zero-order valence-electron chi connectivity index (χ0n) is 25.6. The second kappa shape index (κ2) is 10.8. The Morgan fingerprint density at radius 3 is 2.67 bits per heavy atom. The van der Waals surface area contributed by atoms with E-state index in [0.29, 0.717) is 22.6 Å². The first-order chi connectivity index (χ1) is 22.0. The number of hydrogen-bond acceptors (Lipinski definition) is 10. The fourth-order valence-electron chi connectivity index (χ4n) is 6.75. The minimum Gasteiger partial charge on any atom is -0.469 e. The monoisotopic (exact) mass is 625 g/mol. The SMILES string of the molecule is CC(C)[C@H](O)C(=O)C[C@H]1Cc2ccc3c(c2)[C@@]2(c4cc(F)ccc4N[C@@H]2O3)c2oc(nc2-c2nc(C#N)co2)[C@H](C(C)C)NC1=O. The molecule has 5 atom stereocenters. The average Bonchev–Trinajstić information content (AvgIpc) is 3.79. The summed E-state index contributed by atoms with van der Waals surface area (Å²) >= 11 is 0. The minimum atomic E-state index is -1.28. The number of halogens is 1. The van der Waals surface area contributed by atoms with Crippen LogP contribution in [0.4, 0.5) is 10.1 Å². The van der Waals surface area contributed by atoms with Crippen LogP contribution in [0.3, 0.4) is 0 Å². The smallest absolute Gasteiger partial charge is 0.250 e. The number of oxazole rings is 2. The molecule has 12 heteroatoms. The van der Waals surface area contributed by atoms with Crippen LogP contribution in [0.15, 0.2) is 51.5 Å². The Morgan fingerprint density at radius 2 is 1.96 bits per heavy atom. The standard InChI is InChI=1S/C34H32FN5O6/c1-15(2)26-32-40-27(31-37-20(13-36)14-44-31)29(46-32)34-21-12-19(35)6-7-23(21)38-33(34)45-25-8-5-17(10-22(25)34)9-18(30(43)39-26)11-24(41)28(42)16(3)4/h5-8,10,12,14-16,18,26,28,33,38,42H,9,11H2,1-4H3,(H,39,43)/t18-,26+,28+,33-,34+/m1/s1. The summed E-state index contributed by atoms with van der Waals surface area (Å²) in [6.45, 7) is 7.28. The molecule has 5 heterocycles. The minimum absolute atomic E-state index is 0.0129. The fourth-order valence-corrected chi connectivity index (χ4v) is 6.75. The van der Waals surface area contributed by atoms with Gasteiger partial charge in [0.2, 0.25) is 17.7 Å². The van der Waals surface area contributed by atoms with Gasteiger partial charge < -0.3 is 29.3 Å². The zero-order valence-corrected chi connectivity index (χ0v) is 25.6. The molecule has 1 spiro atoms. The van der Waals surface area contributed by atoms with E-state index in [2.05, 4.69) is 15.6 Å². The van der Waals surface area contributed by atoms with Gasteiger partial charge in [-0.2, -0.15) is 10.2 Å². The summed E-state index contributed by atoms with van der Waals surface area (Å²) in [6, 6.07) is 11.1. The number of carbonyl (C=O) groups is 2. The van der Waals surface area contributed by atoms with E-state index in [4.69, 9.17) is 18.6 Å². The van der Waals surface area contributed by atoms with Crippen LogP contribution in [0, 0.1) is 34.9 Å². The summed E-state index contributed by atoms with van der Waals surface area (Å²) in [5.74, 6) is -1.73. The number of nitrogens with zero attached hydrogens (tertiary/aromatic N) is 3. The summed E-state index contributed by atoms with van der Waals surface area (Å²) in [7, 11) is 0. The van der Waals surface area contributed by atoms with Crippen LogP contribution in [0.25, 0.3) is 11.6 Å². The third kappa shape index (κ3) is 4.48. The van der Waals surface area contributed by atoms with Crippen LogP contribution in [0.1, 0.15) is 74.2 Å². The molecule has 4 aromatic rings. The number of ketones is 1. The van der Waals surface area contributed by atoms with Crippen LogP contribution < -0.4 is 15.4 Å². The first kappa shape index (κ1) is 29.7. The fraction of sp³-hybridized carbons (Fsp3) is 0.382. The first-order valence-corrected chi connectivity index (χ1v) is 15.3. The number of anilines is 1. The van der Waals surface area contributed by atoms with Gasteiger partial charge in [-0.3, -0.25) is 9.59 Å². The summed E-state index contributed by atoms with van der Waals surface area (Å²) in [5, 5.41) is 26.4. The number of aliphatic hydroxyl groups excluding tert-OH is 1. The van der Waals surface area contributed by atoms with E-state index in [-0.39, 0.29) is 53.6 Å². The lowest BCUT2D eigenvalue weighted by Crippen LogP contribution is -2.41. The Hall–Kier alpha value is -5.02. The van der Waals surface area contributed by atoms with E-state index >= 15 is 4.39 Å². The molecule has 0 aliphatic carbocycles. The van der Waals surface area contributed by atoms with Crippen LogP contribution in [-0.2, 0) is 21.4 Å². The summed E-state index contributed by atoms with van der Waals surface area (Å²) in [5.41, 5.74) is 1.45. The summed E-state index contributed by atoms with van der Waals surface area (Å²) < 4.78 is 33.9. The number of aliphatic hydroxyl groups is 1. The maximum Gasteiger partial charge on any atom is 0.250 e. The molecule has 7 rings (SSSR count). The Morgan fingerprint density at radius 1 is 1.15 bits per heavy atom. The number of nitriles is 1. The third-order valence-electron chi connectivity index (χ3n) is 9.12. The van der Waals surface area contributed by atoms with Gasteiger partial charge in [0.1, 0.15) is 41.5 Å². The number of aromatic nitrogens is 2. The molecular formula is C34H32FN5O6. The largest absolute Gasteiger partial charge is 0.469 e. The normalized spacial score (nSPS) is 23.4. The van der Waals surface area contributed by atoms with Crippen molar-refractivity contribution in [1.82, 2.24) is 15.3 Å². The molecule has 3 aliphatic rings. The predicted molar refractivity (Wildman–Crippen MR) is 161 cm³/mol. The van der Waals surface area contributed by atoms with Gasteiger partial charge in [-0.1, -0.05) is 39.8 Å². The van der Waals surface area contributed by atoms with Crippen molar-refractivity contribution in [2.24, 2.45) is 17.8 Å². The van der Waals surface area contributed by atoms with Gasteiger partial charge in [0.15, 0.2) is 29.2 Å². The topological polar surface area (TPSA) is 164 Å². The quantitative estimate of drug-likeness (QED) is 0.272. The molecule has 0 radical (unpaired) electrons. The van der Waals surface area contributed by atoms with Crippen molar-refractivity contribution in [3.8, 4) is 23.4 Å². The second-order valence-corrected chi connectivity index (χ2v) is 12.8. The van der Waals surface area contributed by atoms with Crippen LogP contribution in [-0.4, -0.2) is 39.1 Å². The van der Waals surface area contributed by atoms with Crippen LogP contribution in [0.5, 0.6) is 5.75 Å². The van der Waals surface area contributed by atoms with Crippen LogP contribution >= 0.6 is 0 Å². The molecule has 0 unspecified atom stereocenters. The van der Waals surface area contributed by atoms with Crippen molar-refractivity contribution >= 4 is 17.4 Å². The molecule has 11 nitrogen and oxygen atoms in total. The Labute approximate surface area is 263 Å². The molecule has 4 bridgehead atoms. The number of nitrogens with one attached hydrogen (secondary N) is 2. The van der Waals surface area contributed by atoms with E-state index in [9.17, 15) is 20.0 Å². The van der Waals surface area contributed by atoms with Gasteiger partial charge in [0, 0.05) is 29.2 Å².